The van der Waals surface area contributed by atoms with Gasteiger partial charge in [-0.3, -0.25) is 29.2 Å². The number of guanidine groups is 2. The molecule has 0 fully saturated rings. The van der Waals surface area contributed by atoms with Gasteiger partial charge in [0.05, 0.1) is 6.04 Å². The highest BCUT2D eigenvalue weighted by molar-refractivity contribution is 5.94. The molecule has 234 valence electrons. The zero-order chi connectivity index (χ0) is 31.4. The first-order chi connectivity index (χ1) is 19.3. The third kappa shape index (κ3) is 17.9. The Morgan fingerprint density at radius 3 is 1.56 bits per heavy atom. The third-order valence-electron chi connectivity index (χ3n) is 5.72. The lowest BCUT2D eigenvalue weighted by Gasteiger charge is -2.25. The Kier molecular flexibility index (Phi) is 18.6. The SMILES string of the molecule is NCCCCC(NC(=O)C(CCCN=C(N)N)NC(=O)C(N)CCCN=C(N)N)C(=O)NC(CCC(=O)O)C(=O)O. The summed E-state index contributed by atoms with van der Waals surface area (Å²) in [6.45, 7) is 0.745. The van der Waals surface area contributed by atoms with Gasteiger partial charge in [0.1, 0.15) is 18.1 Å². The highest BCUT2D eigenvalue weighted by atomic mass is 16.4. The normalized spacial score (nSPS) is 13.5. The molecule has 3 amide bonds. The molecule has 0 aromatic rings. The predicted octanol–water partition coefficient (Wildman–Crippen LogP) is -4.05. The van der Waals surface area contributed by atoms with E-state index in [0.717, 1.165) is 0 Å². The first kappa shape index (κ1) is 36.8. The molecule has 18 nitrogen and oxygen atoms in total. The average molecular weight is 588 g/mol. The number of aliphatic carboxylic acids is 2. The number of rotatable bonds is 22. The van der Waals surface area contributed by atoms with Gasteiger partial charge >= 0.3 is 11.9 Å². The molecule has 4 unspecified atom stereocenters. The van der Waals surface area contributed by atoms with Crippen LogP contribution < -0.4 is 50.4 Å². The van der Waals surface area contributed by atoms with Gasteiger partial charge in [-0.25, -0.2) is 4.79 Å². The van der Waals surface area contributed by atoms with Crippen LogP contribution in [-0.4, -0.2) is 95.6 Å². The minimum absolute atomic E-state index is 0.0859. The molecule has 4 atom stereocenters. The van der Waals surface area contributed by atoms with Crippen LogP contribution in [0.15, 0.2) is 9.98 Å². The molecule has 17 N–H and O–H groups in total. The summed E-state index contributed by atoms with van der Waals surface area (Å²) in [7, 11) is 0. The van der Waals surface area contributed by atoms with E-state index >= 15 is 0 Å². The van der Waals surface area contributed by atoms with Gasteiger partial charge in [0, 0.05) is 19.5 Å². The van der Waals surface area contributed by atoms with Crippen molar-refractivity contribution in [3.8, 4) is 0 Å². The summed E-state index contributed by atoms with van der Waals surface area (Å²) in [5.74, 6) is -5.07. The Balaban J connectivity index is 5.63. The van der Waals surface area contributed by atoms with E-state index in [1.807, 2.05) is 0 Å². The fourth-order valence-corrected chi connectivity index (χ4v) is 3.53. The summed E-state index contributed by atoms with van der Waals surface area (Å²) in [6, 6.07) is -4.79. The van der Waals surface area contributed by atoms with Gasteiger partial charge < -0.3 is 60.6 Å². The smallest absolute Gasteiger partial charge is 0.326 e. The van der Waals surface area contributed by atoms with E-state index in [4.69, 9.17) is 39.5 Å². The van der Waals surface area contributed by atoms with Crippen molar-refractivity contribution in [3.63, 3.8) is 0 Å². The van der Waals surface area contributed by atoms with Crippen LogP contribution in [0, 0.1) is 0 Å². The number of hydrogen-bond acceptors (Lipinski definition) is 9. The van der Waals surface area contributed by atoms with Crippen molar-refractivity contribution in [1.82, 2.24) is 16.0 Å². The largest absolute Gasteiger partial charge is 0.481 e. The van der Waals surface area contributed by atoms with Crippen molar-refractivity contribution in [2.45, 2.75) is 82.0 Å². The van der Waals surface area contributed by atoms with Gasteiger partial charge in [-0.05, 0) is 57.9 Å². The van der Waals surface area contributed by atoms with Crippen LogP contribution in [0.4, 0.5) is 0 Å². The number of aliphatic imine (C=N–C) groups is 2. The molecule has 0 spiro atoms. The lowest BCUT2D eigenvalue weighted by Crippen LogP contribution is -2.57. The molecule has 0 aliphatic rings. The van der Waals surface area contributed by atoms with E-state index in [-0.39, 0.29) is 57.1 Å². The maximum absolute atomic E-state index is 13.3. The van der Waals surface area contributed by atoms with Gasteiger partial charge in [0.15, 0.2) is 11.9 Å². The summed E-state index contributed by atoms with van der Waals surface area (Å²) in [6.07, 6.45) is 1.21. The Morgan fingerprint density at radius 2 is 1.10 bits per heavy atom. The maximum atomic E-state index is 13.3. The van der Waals surface area contributed by atoms with Crippen LogP contribution in [-0.2, 0) is 24.0 Å². The number of carboxylic acid groups (broad SMARTS) is 2. The molecular formula is C23H45N11O7. The highest BCUT2D eigenvalue weighted by Crippen LogP contribution is 2.07. The lowest BCUT2D eigenvalue weighted by molar-refractivity contribution is -0.143. The Labute approximate surface area is 238 Å². The number of nitrogens with zero attached hydrogens (tertiary/aromatic N) is 2. The standard InChI is InChI=1S/C23H45N11O7/c24-10-2-1-6-14(20(39)34-16(21(40)41)8-9-17(35)36)33-19(38)15(7-4-12-31-23(28)29)32-18(37)13(25)5-3-11-30-22(26)27/h13-16H,1-12,24-25H2,(H,32,37)(H,33,38)(H,34,39)(H,35,36)(H,40,41)(H4,26,27,30)(H4,28,29,31). The molecule has 41 heavy (non-hydrogen) atoms. The monoisotopic (exact) mass is 587 g/mol. The second-order valence-corrected chi connectivity index (χ2v) is 9.24. The third-order valence-corrected chi connectivity index (χ3v) is 5.72. The molecule has 0 bridgehead atoms. The second kappa shape index (κ2) is 20.7. The molecule has 0 heterocycles. The quantitative estimate of drug-likeness (QED) is 0.0326. The Hall–Kier alpha value is -4.19. The minimum atomic E-state index is -1.49. The van der Waals surface area contributed by atoms with Gasteiger partial charge in [-0.1, -0.05) is 0 Å². The molecule has 0 saturated carbocycles. The molecule has 0 saturated heterocycles. The molecule has 0 rings (SSSR count). The zero-order valence-corrected chi connectivity index (χ0v) is 23.1. The summed E-state index contributed by atoms with van der Waals surface area (Å²) >= 11 is 0. The number of carboxylic acids is 2. The van der Waals surface area contributed by atoms with Crippen molar-refractivity contribution in [2.24, 2.45) is 44.4 Å². The topological polar surface area (TPSA) is 343 Å². The van der Waals surface area contributed by atoms with Crippen LogP contribution in [0.25, 0.3) is 0 Å². The van der Waals surface area contributed by atoms with Crippen molar-refractivity contribution in [1.29, 1.82) is 0 Å². The van der Waals surface area contributed by atoms with E-state index in [0.29, 0.717) is 25.8 Å². The van der Waals surface area contributed by atoms with Gasteiger partial charge in [0.2, 0.25) is 17.7 Å². The predicted molar refractivity (Wildman–Crippen MR) is 151 cm³/mol. The maximum Gasteiger partial charge on any atom is 0.326 e. The van der Waals surface area contributed by atoms with Crippen molar-refractivity contribution in [2.75, 3.05) is 19.6 Å². The van der Waals surface area contributed by atoms with E-state index in [2.05, 4.69) is 25.9 Å². The first-order valence-corrected chi connectivity index (χ1v) is 13.2. The Bertz CT molecular complexity index is 922. The number of unbranched alkanes of at least 4 members (excludes halogenated alkanes) is 1. The second-order valence-electron chi connectivity index (χ2n) is 9.24. The summed E-state index contributed by atoms with van der Waals surface area (Å²) in [5, 5.41) is 25.7. The first-order valence-electron chi connectivity index (χ1n) is 13.2. The number of carbonyl (C=O) groups excluding carboxylic acids is 3. The number of hydrogen-bond donors (Lipinski definition) is 11. The fourth-order valence-electron chi connectivity index (χ4n) is 3.53. The van der Waals surface area contributed by atoms with Crippen LogP contribution in [0.2, 0.25) is 0 Å². The van der Waals surface area contributed by atoms with Crippen LogP contribution in [0.1, 0.15) is 57.8 Å². The fraction of sp³-hybridized carbons (Fsp3) is 0.696. The Morgan fingerprint density at radius 1 is 0.634 bits per heavy atom. The van der Waals surface area contributed by atoms with Gasteiger partial charge in [-0.2, -0.15) is 0 Å². The van der Waals surface area contributed by atoms with E-state index in [1.54, 1.807) is 0 Å². The van der Waals surface area contributed by atoms with E-state index < -0.39 is 60.2 Å². The molecule has 0 radical (unpaired) electrons. The molecule has 0 aromatic carbocycles. The van der Waals surface area contributed by atoms with Crippen molar-refractivity contribution >= 4 is 41.6 Å². The summed E-state index contributed by atoms with van der Waals surface area (Å²) < 4.78 is 0. The van der Waals surface area contributed by atoms with Crippen molar-refractivity contribution < 1.29 is 34.2 Å². The van der Waals surface area contributed by atoms with Gasteiger partial charge in [-0.15, -0.1) is 0 Å². The number of amides is 3. The number of nitrogens with one attached hydrogen (secondary N) is 3. The zero-order valence-electron chi connectivity index (χ0n) is 23.1. The molecule has 18 heteroatoms. The van der Waals surface area contributed by atoms with Crippen molar-refractivity contribution in [3.05, 3.63) is 0 Å². The highest BCUT2D eigenvalue weighted by Gasteiger charge is 2.30. The average Bonchev–Trinajstić information content (AvgIpc) is 2.89. The van der Waals surface area contributed by atoms with Crippen LogP contribution in [0.5, 0.6) is 0 Å². The summed E-state index contributed by atoms with van der Waals surface area (Å²) in [4.78, 5) is 69.0. The van der Waals surface area contributed by atoms with Crippen LogP contribution >= 0.6 is 0 Å². The number of carbonyl (C=O) groups is 5. The minimum Gasteiger partial charge on any atom is -0.481 e. The molecule has 0 aliphatic heterocycles. The lowest BCUT2D eigenvalue weighted by atomic mass is 10.0. The van der Waals surface area contributed by atoms with E-state index in [9.17, 15) is 29.1 Å². The number of nitrogens with two attached hydrogens (primary N) is 6. The molecular weight excluding hydrogens is 542 g/mol. The molecule has 0 aliphatic carbocycles. The summed E-state index contributed by atoms with van der Waals surface area (Å²) in [5.41, 5.74) is 32.7. The van der Waals surface area contributed by atoms with Crippen LogP contribution in [0.3, 0.4) is 0 Å². The molecule has 0 aromatic heterocycles. The van der Waals surface area contributed by atoms with Gasteiger partial charge in [0.25, 0.3) is 0 Å². The van der Waals surface area contributed by atoms with E-state index in [1.165, 1.54) is 0 Å².